The second kappa shape index (κ2) is 15.1. The average Bonchev–Trinajstić information content (AvgIpc) is 3.48. The Balaban J connectivity index is 1.96. The lowest BCUT2D eigenvalue weighted by atomic mass is 9.81. The van der Waals surface area contributed by atoms with Crippen LogP contribution >= 0.6 is 0 Å². The molecule has 0 saturated heterocycles. The molecule has 3 unspecified atom stereocenters. The molecule has 9 heteroatoms. The molecule has 9 nitrogen and oxygen atoms in total. The number of hydrogen-bond acceptors (Lipinski definition) is 5. The summed E-state index contributed by atoms with van der Waals surface area (Å²) in [6.45, 7) is 17.3. The van der Waals surface area contributed by atoms with Gasteiger partial charge in [0.15, 0.2) is 0 Å². The van der Waals surface area contributed by atoms with E-state index in [0.29, 0.717) is 30.8 Å². The Morgan fingerprint density at radius 1 is 1.05 bits per heavy atom. The first-order chi connectivity index (χ1) is 18.6. The lowest BCUT2D eigenvalue weighted by molar-refractivity contribution is -0.144. The monoisotopic (exact) mass is 564 g/mol. The fourth-order valence-electron chi connectivity index (χ4n) is 5.74. The number of likely N-dealkylation sites (N-methyl/N-ethyl adjacent to an activating group) is 1. The number of ether oxygens (including phenoxy) is 1. The van der Waals surface area contributed by atoms with Crippen LogP contribution in [0.2, 0.25) is 0 Å². The Kier molecular flexibility index (Phi) is 12.8. The molecule has 4 amide bonds. The van der Waals surface area contributed by atoms with Crippen LogP contribution in [0.3, 0.4) is 0 Å². The zero-order valence-corrected chi connectivity index (χ0v) is 26.5. The smallest absolute Gasteiger partial charge is 0.315 e. The molecule has 6 atom stereocenters. The maximum Gasteiger partial charge on any atom is 0.315 e. The largest absolute Gasteiger partial charge is 0.463 e. The van der Waals surface area contributed by atoms with E-state index in [-0.39, 0.29) is 54.6 Å². The summed E-state index contributed by atoms with van der Waals surface area (Å²) in [5, 5.41) is 8.95. The van der Waals surface area contributed by atoms with E-state index < -0.39 is 17.5 Å². The molecular formula is C31H56N4O5. The number of amides is 4. The van der Waals surface area contributed by atoms with Crippen molar-refractivity contribution in [1.82, 2.24) is 20.9 Å². The van der Waals surface area contributed by atoms with Gasteiger partial charge in [0, 0.05) is 32.5 Å². The number of carbonyl (C=O) groups excluding carboxylic acids is 4. The first kappa shape index (κ1) is 33.9. The number of nitrogens with one attached hydrogen (secondary N) is 3. The molecule has 0 bridgehead atoms. The van der Waals surface area contributed by atoms with Gasteiger partial charge >= 0.3 is 12.0 Å². The van der Waals surface area contributed by atoms with Crippen LogP contribution in [0, 0.1) is 40.9 Å². The molecule has 2 rings (SSSR count). The normalized spacial score (nSPS) is 22.9. The minimum absolute atomic E-state index is 0.0842. The highest BCUT2D eigenvalue weighted by Crippen LogP contribution is 2.51. The first-order valence-corrected chi connectivity index (χ1v) is 15.4. The van der Waals surface area contributed by atoms with Crippen LogP contribution < -0.4 is 16.0 Å². The summed E-state index contributed by atoms with van der Waals surface area (Å²) in [7, 11) is 1.78. The molecule has 40 heavy (non-hydrogen) atoms. The van der Waals surface area contributed by atoms with Crippen molar-refractivity contribution in [1.29, 1.82) is 0 Å². The Bertz CT molecular complexity index is 866. The highest BCUT2D eigenvalue weighted by molar-refractivity contribution is 5.88. The molecule has 0 aliphatic heterocycles. The Hall–Kier alpha value is -2.32. The molecule has 2 aliphatic rings. The molecule has 2 aliphatic carbocycles. The average molecular weight is 565 g/mol. The van der Waals surface area contributed by atoms with Gasteiger partial charge in [-0.2, -0.15) is 0 Å². The van der Waals surface area contributed by atoms with Crippen molar-refractivity contribution in [3.63, 3.8) is 0 Å². The first-order valence-electron chi connectivity index (χ1n) is 15.4. The number of hydrogen-bond donors (Lipinski definition) is 3. The van der Waals surface area contributed by atoms with Gasteiger partial charge < -0.3 is 25.6 Å². The lowest BCUT2D eigenvalue weighted by Crippen LogP contribution is -2.58. The standard InChI is InChI=1S/C31H56N4O5/c1-10-25(36)40-18-23(16-22-12-11-13-22)33-30(39)34-27(31(6,7)8)29(38)35(9)17-24-20(4)26(24)21(5)28(37)32-15-14-19(2)3/h19-24,26-27H,10-18H2,1-9H3,(H,32,37)(H2,33,34,39)/t20?,21?,23-,24+,26+,27?/m0/s1. The molecule has 0 aromatic rings. The van der Waals surface area contributed by atoms with Crippen molar-refractivity contribution >= 4 is 23.8 Å². The second-order valence-corrected chi connectivity index (χ2v) is 13.8. The number of urea groups is 1. The summed E-state index contributed by atoms with van der Waals surface area (Å²) in [6.07, 6.45) is 5.43. The van der Waals surface area contributed by atoms with E-state index in [2.05, 4.69) is 36.7 Å². The zero-order valence-electron chi connectivity index (χ0n) is 26.5. The molecule has 3 N–H and O–H groups in total. The molecule has 2 fully saturated rings. The molecule has 0 radical (unpaired) electrons. The minimum Gasteiger partial charge on any atom is -0.463 e. The van der Waals surface area contributed by atoms with Gasteiger partial charge in [-0.15, -0.1) is 0 Å². The predicted molar refractivity (Wildman–Crippen MR) is 157 cm³/mol. The Morgan fingerprint density at radius 2 is 1.70 bits per heavy atom. The molecule has 0 heterocycles. The third kappa shape index (κ3) is 10.3. The summed E-state index contributed by atoms with van der Waals surface area (Å²) in [5.74, 6) is 1.43. The van der Waals surface area contributed by atoms with Gasteiger partial charge in [0.25, 0.3) is 0 Å². The fraction of sp³-hybridized carbons (Fsp3) is 0.871. The maximum atomic E-state index is 13.6. The van der Waals surface area contributed by atoms with Crippen LogP contribution in [0.1, 0.15) is 93.9 Å². The third-order valence-electron chi connectivity index (χ3n) is 8.81. The van der Waals surface area contributed by atoms with E-state index in [9.17, 15) is 19.2 Å². The number of rotatable bonds is 15. The minimum atomic E-state index is -0.732. The van der Waals surface area contributed by atoms with Gasteiger partial charge in [-0.05, 0) is 47.8 Å². The molecule has 0 aromatic heterocycles. The van der Waals surface area contributed by atoms with Crippen molar-refractivity contribution in [2.24, 2.45) is 40.9 Å². The highest BCUT2D eigenvalue weighted by Gasteiger charge is 2.52. The van der Waals surface area contributed by atoms with Gasteiger partial charge in [-0.1, -0.05) is 74.7 Å². The molecule has 230 valence electrons. The number of carbonyl (C=O) groups is 4. The van der Waals surface area contributed by atoms with Crippen molar-refractivity contribution in [2.45, 2.75) is 106 Å². The van der Waals surface area contributed by atoms with Crippen molar-refractivity contribution in [3.8, 4) is 0 Å². The second-order valence-electron chi connectivity index (χ2n) is 13.8. The van der Waals surface area contributed by atoms with Crippen molar-refractivity contribution in [2.75, 3.05) is 26.7 Å². The SMILES string of the molecule is CCC(=O)OC[C@H](CC1CCC1)NC(=O)NC(C(=O)N(C)C[C@@H]1C(C)[C@@H]1C(C)C(=O)NCCC(C)C)C(C)(C)C. The Morgan fingerprint density at radius 3 is 2.23 bits per heavy atom. The number of nitrogens with zero attached hydrogens (tertiary/aromatic N) is 1. The van der Waals surface area contributed by atoms with E-state index in [1.54, 1.807) is 18.9 Å². The quantitative estimate of drug-likeness (QED) is 0.256. The van der Waals surface area contributed by atoms with Crippen LogP contribution in [0.4, 0.5) is 4.79 Å². The summed E-state index contributed by atoms with van der Waals surface area (Å²) < 4.78 is 5.34. The number of esters is 1. The van der Waals surface area contributed by atoms with Crippen LogP contribution in [0.5, 0.6) is 0 Å². The third-order valence-corrected chi connectivity index (χ3v) is 8.81. The lowest BCUT2D eigenvalue weighted by Gasteiger charge is -2.35. The topological polar surface area (TPSA) is 117 Å². The fourth-order valence-corrected chi connectivity index (χ4v) is 5.74. The van der Waals surface area contributed by atoms with Crippen LogP contribution in [-0.4, -0.2) is 67.5 Å². The summed E-state index contributed by atoms with van der Waals surface area (Å²) >= 11 is 0. The van der Waals surface area contributed by atoms with Crippen LogP contribution in [0.25, 0.3) is 0 Å². The maximum absolute atomic E-state index is 13.6. The van der Waals surface area contributed by atoms with Crippen molar-refractivity contribution in [3.05, 3.63) is 0 Å². The van der Waals surface area contributed by atoms with Gasteiger partial charge in [0.2, 0.25) is 11.8 Å². The van der Waals surface area contributed by atoms with Crippen LogP contribution in [-0.2, 0) is 19.1 Å². The van der Waals surface area contributed by atoms with Crippen molar-refractivity contribution < 1.29 is 23.9 Å². The van der Waals surface area contributed by atoms with Gasteiger partial charge in [0.1, 0.15) is 12.6 Å². The molecule has 0 spiro atoms. The van der Waals surface area contributed by atoms with E-state index in [1.165, 1.54) is 6.42 Å². The van der Waals surface area contributed by atoms with E-state index in [1.807, 2.05) is 27.7 Å². The van der Waals surface area contributed by atoms with E-state index in [4.69, 9.17) is 4.74 Å². The summed E-state index contributed by atoms with van der Waals surface area (Å²) in [5.41, 5.74) is -0.515. The molecular weight excluding hydrogens is 508 g/mol. The molecule has 0 aromatic carbocycles. The van der Waals surface area contributed by atoms with Gasteiger partial charge in [-0.25, -0.2) is 4.79 Å². The zero-order chi connectivity index (χ0) is 30.2. The Labute approximate surface area is 242 Å². The summed E-state index contributed by atoms with van der Waals surface area (Å²) in [4.78, 5) is 52.8. The predicted octanol–water partition coefficient (Wildman–Crippen LogP) is 4.35. The van der Waals surface area contributed by atoms with Crippen LogP contribution in [0.15, 0.2) is 0 Å². The summed E-state index contributed by atoms with van der Waals surface area (Å²) in [6, 6.07) is -1.46. The van der Waals surface area contributed by atoms with E-state index >= 15 is 0 Å². The van der Waals surface area contributed by atoms with E-state index in [0.717, 1.165) is 25.7 Å². The van der Waals surface area contributed by atoms with Gasteiger partial charge in [-0.3, -0.25) is 14.4 Å². The molecule has 2 saturated carbocycles. The van der Waals surface area contributed by atoms with Gasteiger partial charge in [0.05, 0.1) is 6.04 Å². The highest BCUT2D eigenvalue weighted by atomic mass is 16.5.